The molecule has 0 aliphatic rings. The summed E-state index contributed by atoms with van der Waals surface area (Å²) in [4.78, 5) is 21.0. The maximum atomic E-state index is 12.6. The Morgan fingerprint density at radius 3 is 2.26 bits per heavy atom. The predicted octanol–water partition coefficient (Wildman–Crippen LogP) is 7.45. The third-order valence-corrected chi connectivity index (χ3v) is 6.95. The molecule has 4 aromatic rings. The summed E-state index contributed by atoms with van der Waals surface area (Å²) in [7, 11) is 1.56. The summed E-state index contributed by atoms with van der Waals surface area (Å²) in [5.74, 6) is 1.02. The molecule has 0 fully saturated rings. The Bertz CT molecular complexity index is 1270. The van der Waals surface area contributed by atoms with Crippen LogP contribution in [0, 0.1) is 20.8 Å². The van der Waals surface area contributed by atoms with Crippen LogP contribution in [0.1, 0.15) is 23.1 Å². The smallest absolute Gasteiger partial charge is 0.225 e. The minimum atomic E-state index is -0.0957. The number of aromatic nitrogens is 2. The summed E-state index contributed by atoms with van der Waals surface area (Å²) in [6.45, 7) is 6.04. The van der Waals surface area contributed by atoms with Gasteiger partial charge in [-0.25, -0.2) is 4.98 Å². The van der Waals surface area contributed by atoms with Crippen molar-refractivity contribution in [3.63, 3.8) is 0 Å². The molecular weight excluding hydrogens is 478 g/mol. The number of carbonyl (C=O) groups excluding carboxylic acids is 1. The van der Waals surface area contributed by atoms with Crippen LogP contribution in [0.4, 0.5) is 5.69 Å². The number of anilines is 1. The monoisotopic (exact) mass is 505 g/mol. The molecule has 4 rings (SSSR count). The van der Waals surface area contributed by atoms with Crippen molar-refractivity contribution in [3.05, 3.63) is 82.4 Å². The van der Waals surface area contributed by atoms with Crippen LogP contribution < -0.4 is 10.1 Å². The standard InChI is InChI=1S/C28H28ClN3O2S/c1-17-5-9-20(10-6-17)26-27(21-11-7-18(2)8-12-21)32-28(31-26)35-14-13-25(33)30-23-15-19(3)22(29)16-24(23)34-4/h5-12,15-16H,13-14H2,1-4H3,(H,30,33)(H,31,32). The highest BCUT2D eigenvalue weighted by Gasteiger charge is 2.16. The normalized spacial score (nSPS) is 10.9. The number of halogens is 1. The van der Waals surface area contributed by atoms with E-state index >= 15 is 0 Å². The lowest BCUT2D eigenvalue weighted by Gasteiger charge is -2.12. The zero-order chi connectivity index (χ0) is 24.9. The first kappa shape index (κ1) is 24.9. The Morgan fingerprint density at radius 2 is 1.63 bits per heavy atom. The van der Waals surface area contributed by atoms with E-state index in [1.54, 1.807) is 13.2 Å². The number of thioether (sulfide) groups is 1. The van der Waals surface area contributed by atoms with E-state index in [-0.39, 0.29) is 5.91 Å². The van der Waals surface area contributed by atoms with E-state index in [0.29, 0.717) is 28.6 Å². The topological polar surface area (TPSA) is 67.0 Å². The molecule has 0 aliphatic carbocycles. The molecule has 0 aliphatic heterocycles. The molecule has 0 saturated heterocycles. The van der Waals surface area contributed by atoms with Crippen molar-refractivity contribution in [2.24, 2.45) is 0 Å². The third kappa shape index (κ3) is 6.08. The summed E-state index contributed by atoms with van der Waals surface area (Å²) in [5, 5.41) is 4.31. The molecule has 0 spiro atoms. The quantitative estimate of drug-likeness (QED) is 0.244. The van der Waals surface area contributed by atoms with Gasteiger partial charge in [0.25, 0.3) is 0 Å². The van der Waals surface area contributed by atoms with Crippen LogP contribution in [0.2, 0.25) is 5.02 Å². The Labute approximate surface area is 215 Å². The van der Waals surface area contributed by atoms with Gasteiger partial charge in [0.05, 0.1) is 24.2 Å². The van der Waals surface area contributed by atoms with Crippen LogP contribution in [0.5, 0.6) is 5.75 Å². The number of imidazole rings is 1. The number of rotatable bonds is 8. The van der Waals surface area contributed by atoms with E-state index in [2.05, 4.69) is 72.7 Å². The molecule has 0 radical (unpaired) electrons. The van der Waals surface area contributed by atoms with Gasteiger partial charge < -0.3 is 15.0 Å². The number of amides is 1. The van der Waals surface area contributed by atoms with Crippen molar-refractivity contribution in [2.75, 3.05) is 18.2 Å². The lowest BCUT2D eigenvalue weighted by molar-refractivity contribution is -0.115. The maximum absolute atomic E-state index is 12.6. The van der Waals surface area contributed by atoms with E-state index in [9.17, 15) is 4.79 Å². The Morgan fingerprint density at radius 1 is 1.00 bits per heavy atom. The molecule has 1 heterocycles. The summed E-state index contributed by atoms with van der Waals surface area (Å²) >= 11 is 7.69. The second-order valence-corrected chi connectivity index (χ2v) is 9.94. The van der Waals surface area contributed by atoms with Gasteiger partial charge in [-0.3, -0.25) is 4.79 Å². The Kier molecular flexibility index (Phi) is 7.83. The third-order valence-electron chi connectivity index (χ3n) is 5.67. The molecule has 0 atom stereocenters. The zero-order valence-corrected chi connectivity index (χ0v) is 21.8. The van der Waals surface area contributed by atoms with Crippen molar-refractivity contribution in [3.8, 4) is 28.3 Å². The highest BCUT2D eigenvalue weighted by atomic mass is 35.5. The first-order chi connectivity index (χ1) is 16.8. The highest BCUT2D eigenvalue weighted by molar-refractivity contribution is 7.99. The van der Waals surface area contributed by atoms with Crippen LogP contribution in [0.15, 0.2) is 65.8 Å². The summed E-state index contributed by atoms with van der Waals surface area (Å²) in [6.07, 6.45) is 0.329. The molecule has 35 heavy (non-hydrogen) atoms. The molecule has 1 amide bonds. The van der Waals surface area contributed by atoms with Crippen LogP contribution >= 0.6 is 23.4 Å². The fourth-order valence-corrected chi connectivity index (χ4v) is 4.62. The van der Waals surface area contributed by atoms with Crippen molar-refractivity contribution in [2.45, 2.75) is 32.3 Å². The molecule has 7 heteroatoms. The maximum Gasteiger partial charge on any atom is 0.225 e. The van der Waals surface area contributed by atoms with Gasteiger partial charge in [-0.2, -0.15) is 0 Å². The molecule has 5 nitrogen and oxygen atoms in total. The number of aryl methyl sites for hydroxylation is 3. The number of nitrogens with one attached hydrogen (secondary N) is 2. The van der Waals surface area contributed by atoms with Gasteiger partial charge in [0.15, 0.2) is 5.16 Å². The Balaban J connectivity index is 1.48. The first-order valence-corrected chi connectivity index (χ1v) is 12.7. The SMILES string of the molecule is COc1cc(Cl)c(C)cc1NC(=O)CCSc1nc(-c2ccc(C)cc2)c(-c2ccc(C)cc2)[nH]1. The largest absolute Gasteiger partial charge is 0.495 e. The van der Waals surface area contributed by atoms with Crippen molar-refractivity contribution < 1.29 is 9.53 Å². The number of H-pyrrole nitrogens is 1. The average molecular weight is 506 g/mol. The summed E-state index contributed by atoms with van der Waals surface area (Å²) in [5.41, 5.74) is 7.91. The molecule has 0 unspecified atom stereocenters. The number of nitrogens with zero attached hydrogens (tertiary/aromatic N) is 1. The Hall–Kier alpha value is -3.22. The average Bonchev–Trinajstić information content (AvgIpc) is 3.26. The second-order valence-electron chi connectivity index (χ2n) is 8.45. The number of hydrogen-bond acceptors (Lipinski definition) is 4. The van der Waals surface area contributed by atoms with E-state index in [4.69, 9.17) is 21.3 Å². The first-order valence-electron chi connectivity index (χ1n) is 11.3. The minimum absolute atomic E-state index is 0.0957. The predicted molar refractivity (Wildman–Crippen MR) is 146 cm³/mol. The van der Waals surface area contributed by atoms with Crippen LogP contribution in [-0.4, -0.2) is 28.7 Å². The molecule has 0 bridgehead atoms. The molecule has 1 aromatic heterocycles. The van der Waals surface area contributed by atoms with E-state index in [1.165, 1.54) is 22.9 Å². The lowest BCUT2D eigenvalue weighted by atomic mass is 10.0. The molecule has 180 valence electrons. The molecule has 2 N–H and O–H groups in total. The van der Waals surface area contributed by atoms with Crippen LogP contribution in [0.25, 0.3) is 22.5 Å². The second kappa shape index (κ2) is 11.0. The van der Waals surface area contributed by atoms with Gasteiger partial charge in [0.2, 0.25) is 5.91 Å². The van der Waals surface area contributed by atoms with Gasteiger partial charge in [-0.15, -0.1) is 0 Å². The van der Waals surface area contributed by atoms with Crippen molar-refractivity contribution >= 4 is 35.0 Å². The number of methoxy groups -OCH3 is 1. The number of aromatic amines is 1. The van der Waals surface area contributed by atoms with E-state index in [0.717, 1.165) is 33.2 Å². The van der Waals surface area contributed by atoms with Crippen LogP contribution in [0.3, 0.4) is 0 Å². The van der Waals surface area contributed by atoms with Crippen LogP contribution in [-0.2, 0) is 4.79 Å². The van der Waals surface area contributed by atoms with Gasteiger partial charge in [-0.05, 0) is 32.4 Å². The van der Waals surface area contributed by atoms with Crippen molar-refractivity contribution in [1.29, 1.82) is 0 Å². The van der Waals surface area contributed by atoms with Gasteiger partial charge in [0.1, 0.15) is 5.75 Å². The molecule has 0 saturated carbocycles. The highest BCUT2D eigenvalue weighted by Crippen LogP contribution is 2.34. The molecular formula is C28H28ClN3O2S. The zero-order valence-electron chi connectivity index (χ0n) is 20.2. The summed E-state index contributed by atoms with van der Waals surface area (Å²) in [6, 6.07) is 20.3. The number of ether oxygens (including phenoxy) is 1. The lowest BCUT2D eigenvalue weighted by Crippen LogP contribution is -2.13. The van der Waals surface area contributed by atoms with E-state index < -0.39 is 0 Å². The number of hydrogen-bond donors (Lipinski definition) is 2. The number of benzene rings is 3. The number of carbonyl (C=O) groups is 1. The fourth-order valence-electron chi connectivity index (χ4n) is 3.65. The van der Waals surface area contributed by atoms with E-state index in [1.807, 2.05) is 13.0 Å². The van der Waals surface area contributed by atoms with Gasteiger partial charge in [0, 0.05) is 34.4 Å². The van der Waals surface area contributed by atoms with Gasteiger partial charge >= 0.3 is 0 Å². The molecule has 3 aromatic carbocycles. The van der Waals surface area contributed by atoms with Crippen molar-refractivity contribution in [1.82, 2.24) is 9.97 Å². The summed E-state index contributed by atoms with van der Waals surface area (Å²) < 4.78 is 5.35. The van der Waals surface area contributed by atoms with Gasteiger partial charge in [-0.1, -0.05) is 83.0 Å². The fraction of sp³-hybridized carbons (Fsp3) is 0.214. The minimum Gasteiger partial charge on any atom is -0.495 e.